The maximum Gasteiger partial charge on any atom is 0.271 e. The van der Waals surface area contributed by atoms with E-state index in [2.05, 4.69) is 9.97 Å². The molecule has 0 N–H and O–H groups in total. The van der Waals surface area contributed by atoms with Crippen molar-refractivity contribution in [1.82, 2.24) is 14.4 Å². The van der Waals surface area contributed by atoms with E-state index in [9.17, 15) is 13.6 Å². The van der Waals surface area contributed by atoms with E-state index in [1.54, 1.807) is 31.5 Å². The fourth-order valence-corrected chi connectivity index (χ4v) is 2.69. The molecule has 4 nitrogen and oxygen atoms in total. The van der Waals surface area contributed by atoms with Gasteiger partial charge in [-0.05, 0) is 37.1 Å². The van der Waals surface area contributed by atoms with Crippen molar-refractivity contribution in [2.75, 3.05) is 0 Å². The number of fused-ring (bicyclic) bond motifs is 1. The Morgan fingerprint density at radius 3 is 2.35 bits per heavy atom. The van der Waals surface area contributed by atoms with Crippen LogP contribution in [0.2, 0.25) is 0 Å². The third-order valence-corrected chi connectivity index (χ3v) is 4.07. The zero-order chi connectivity index (χ0) is 19.5. The summed E-state index contributed by atoms with van der Waals surface area (Å²) in [6.07, 6.45) is 4.94. The molecule has 6 heteroatoms. The minimum absolute atomic E-state index is 0.188. The van der Waals surface area contributed by atoms with Gasteiger partial charge in [-0.2, -0.15) is 0 Å². The number of hydrogen-bond acceptors (Lipinski definition) is 3. The van der Waals surface area contributed by atoms with Gasteiger partial charge in [0.2, 0.25) is 0 Å². The van der Waals surface area contributed by atoms with Crippen LogP contribution in [0.4, 0.5) is 8.78 Å². The van der Waals surface area contributed by atoms with E-state index < -0.39 is 5.92 Å². The molecule has 0 radical (unpaired) electrons. The first-order chi connectivity index (χ1) is 12.3. The highest BCUT2D eigenvalue weighted by Gasteiger charge is 2.26. The van der Waals surface area contributed by atoms with E-state index in [1.807, 2.05) is 20.8 Å². The van der Waals surface area contributed by atoms with E-state index in [0.29, 0.717) is 28.9 Å². The molecular weight excluding hydrogens is 336 g/mol. The number of alkyl halides is 2. The van der Waals surface area contributed by atoms with Gasteiger partial charge in [0.05, 0.1) is 5.69 Å². The Hall–Kier alpha value is -2.63. The van der Waals surface area contributed by atoms with Crippen LogP contribution in [0.1, 0.15) is 44.4 Å². The second-order valence-electron chi connectivity index (χ2n) is 5.82. The van der Waals surface area contributed by atoms with E-state index >= 15 is 0 Å². The summed E-state index contributed by atoms with van der Waals surface area (Å²) in [6, 6.07) is 4.96. The molecule has 0 bridgehead atoms. The Bertz CT molecular complexity index is 961. The average molecular weight is 359 g/mol. The van der Waals surface area contributed by atoms with Gasteiger partial charge >= 0.3 is 0 Å². The van der Waals surface area contributed by atoms with Gasteiger partial charge in [0.15, 0.2) is 0 Å². The van der Waals surface area contributed by atoms with Crippen LogP contribution in [0.3, 0.4) is 0 Å². The van der Waals surface area contributed by atoms with Crippen LogP contribution in [-0.4, -0.2) is 14.4 Å². The van der Waals surface area contributed by atoms with Crippen LogP contribution in [0.15, 0.2) is 41.6 Å². The van der Waals surface area contributed by atoms with Crippen LogP contribution in [-0.2, 0) is 12.3 Å². The molecule has 0 fully saturated rings. The summed E-state index contributed by atoms with van der Waals surface area (Å²) in [5, 5.41) is 0. The predicted molar refractivity (Wildman–Crippen MR) is 99.7 cm³/mol. The van der Waals surface area contributed by atoms with Crippen LogP contribution in [0, 0.1) is 6.92 Å². The van der Waals surface area contributed by atoms with Crippen molar-refractivity contribution in [3.63, 3.8) is 0 Å². The molecule has 26 heavy (non-hydrogen) atoms. The Labute approximate surface area is 151 Å². The summed E-state index contributed by atoms with van der Waals surface area (Å²) < 4.78 is 28.7. The van der Waals surface area contributed by atoms with E-state index in [4.69, 9.17) is 0 Å². The van der Waals surface area contributed by atoms with Gasteiger partial charge in [0.25, 0.3) is 11.5 Å². The third-order valence-electron chi connectivity index (χ3n) is 4.07. The molecule has 0 atom stereocenters. The zero-order valence-electron chi connectivity index (χ0n) is 15.7. The van der Waals surface area contributed by atoms with Crippen LogP contribution in [0.5, 0.6) is 0 Å². The van der Waals surface area contributed by atoms with Crippen molar-refractivity contribution in [2.45, 2.75) is 47.0 Å². The number of rotatable bonds is 3. The monoisotopic (exact) mass is 359 g/mol. The molecule has 138 valence electrons. The van der Waals surface area contributed by atoms with E-state index in [0.717, 1.165) is 12.5 Å². The van der Waals surface area contributed by atoms with Crippen molar-refractivity contribution in [1.29, 1.82) is 0 Å². The summed E-state index contributed by atoms with van der Waals surface area (Å²) >= 11 is 0. The number of hydrogen-bond donors (Lipinski definition) is 0. The molecule has 0 aliphatic rings. The highest BCUT2D eigenvalue weighted by atomic mass is 19.3. The standard InChI is InChI=1S/C18H17F2N3O.C2H6/c1-4-12-9-14(18(3,19)20)10-23-16(12)22-15(11(2)17(23)24)13-5-7-21-8-6-13;1-2/h5-10H,4H2,1-3H3;1-2H3. The van der Waals surface area contributed by atoms with Gasteiger partial charge in [0, 0.05) is 42.2 Å². The Morgan fingerprint density at radius 2 is 1.81 bits per heavy atom. The summed E-state index contributed by atoms with van der Waals surface area (Å²) in [5.41, 5.74) is 2.23. The predicted octanol–water partition coefficient (Wildman–Crippen LogP) is 4.77. The van der Waals surface area contributed by atoms with Gasteiger partial charge in [-0.15, -0.1) is 0 Å². The van der Waals surface area contributed by atoms with Crippen LogP contribution >= 0.6 is 0 Å². The van der Waals surface area contributed by atoms with Crippen molar-refractivity contribution in [3.05, 3.63) is 63.8 Å². The summed E-state index contributed by atoms with van der Waals surface area (Å²) in [7, 11) is 0. The number of pyridine rings is 2. The minimum Gasteiger partial charge on any atom is -0.269 e. The fourth-order valence-electron chi connectivity index (χ4n) is 2.69. The molecule has 0 spiro atoms. The maximum absolute atomic E-state index is 13.7. The molecule has 0 aliphatic heterocycles. The Morgan fingerprint density at radius 1 is 1.19 bits per heavy atom. The number of aromatic nitrogens is 3. The third kappa shape index (κ3) is 3.64. The average Bonchev–Trinajstić information content (AvgIpc) is 2.65. The first-order valence-electron chi connectivity index (χ1n) is 8.67. The number of nitrogens with zero attached hydrogens (tertiary/aromatic N) is 3. The van der Waals surface area contributed by atoms with E-state index in [1.165, 1.54) is 16.7 Å². The molecule has 3 aromatic rings. The quantitative estimate of drug-likeness (QED) is 0.677. The molecule has 3 aromatic heterocycles. The molecule has 3 rings (SSSR count). The summed E-state index contributed by atoms with van der Waals surface area (Å²) in [4.78, 5) is 21.3. The molecule has 3 heterocycles. The number of halogens is 2. The Kier molecular flexibility index (Phi) is 5.85. The van der Waals surface area contributed by atoms with Crippen molar-refractivity contribution in [2.24, 2.45) is 0 Å². The zero-order valence-corrected chi connectivity index (χ0v) is 15.7. The second kappa shape index (κ2) is 7.72. The largest absolute Gasteiger partial charge is 0.271 e. The SMILES string of the molecule is CC.CCc1cc(C(C)(F)F)cn2c(=O)c(C)c(-c3ccncc3)nc12. The lowest BCUT2D eigenvalue weighted by molar-refractivity contribution is 0.0169. The second-order valence-corrected chi connectivity index (χ2v) is 5.82. The maximum atomic E-state index is 13.7. The topological polar surface area (TPSA) is 47.3 Å². The normalized spacial score (nSPS) is 11.2. The molecule has 0 unspecified atom stereocenters. The van der Waals surface area contributed by atoms with E-state index in [-0.39, 0.29) is 11.1 Å². The van der Waals surface area contributed by atoms with Gasteiger partial charge in [0.1, 0.15) is 5.65 Å². The minimum atomic E-state index is -3.02. The van der Waals surface area contributed by atoms with Gasteiger partial charge < -0.3 is 0 Å². The lowest BCUT2D eigenvalue weighted by atomic mass is 10.1. The van der Waals surface area contributed by atoms with Crippen molar-refractivity contribution in [3.8, 4) is 11.3 Å². The first-order valence-corrected chi connectivity index (χ1v) is 8.67. The fraction of sp³-hybridized carbons (Fsp3) is 0.350. The summed E-state index contributed by atoms with van der Waals surface area (Å²) in [5.74, 6) is -3.02. The lowest BCUT2D eigenvalue weighted by Gasteiger charge is -2.16. The molecule has 0 aromatic carbocycles. The van der Waals surface area contributed by atoms with Crippen molar-refractivity contribution >= 4 is 5.65 Å². The summed E-state index contributed by atoms with van der Waals surface area (Å²) in [6.45, 7) is 8.33. The van der Waals surface area contributed by atoms with Gasteiger partial charge in [-0.3, -0.25) is 14.2 Å². The lowest BCUT2D eigenvalue weighted by Crippen LogP contribution is -2.22. The van der Waals surface area contributed by atoms with Crippen LogP contribution in [0.25, 0.3) is 16.9 Å². The van der Waals surface area contributed by atoms with Gasteiger partial charge in [-0.25, -0.2) is 13.8 Å². The molecule has 0 aliphatic carbocycles. The molecule has 0 saturated carbocycles. The first kappa shape index (κ1) is 19.7. The van der Waals surface area contributed by atoms with Crippen molar-refractivity contribution < 1.29 is 8.78 Å². The van der Waals surface area contributed by atoms with Crippen LogP contribution < -0.4 is 5.56 Å². The molecule has 0 amide bonds. The smallest absolute Gasteiger partial charge is 0.269 e. The number of aryl methyl sites for hydroxylation is 1. The highest BCUT2D eigenvalue weighted by Crippen LogP contribution is 2.29. The Balaban J connectivity index is 0.00000117. The molecular formula is C20H23F2N3O. The molecule has 0 saturated heterocycles. The van der Waals surface area contributed by atoms with Gasteiger partial charge in [-0.1, -0.05) is 20.8 Å². The highest BCUT2D eigenvalue weighted by molar-refractivity contribution is 5.66.